The lowest BCUT2D eigenvalue weighted by atomic mass is 9.86. The molecule has 0 saturated carbocycles. The van der Waals surface area contributed by atoms with Crippen molar-refractivity contribution in [2.75, 3.05) is 26.9 Å². The SMILES string of the molecule is CCOC(CN)COc1ccc(OC)cc1C(C)(C)C. The van der Waals surface area contributed by atoms with Gasteiger partial charge in [0.25, 0.3) is 0 Å². The first kappa shape index (κ1) is 16.8. The Kier molecular flexibility index (Phi) is 6.30. The van der Waals surface area contributed by atoms with Crippen molar-refractivity contribution in [1.82, 2.24) is 0 Å². The predicted octanol–water partition coefficient (Wildman–Crippen LogP) is 2.74. The maximum absolute atomic E-state index is 5.91. The Morgan fingerprint density at radius 1 is 1.25 bits per heavy atom. The van der Waals surface area contributed by atoms with Crippen molar-refractivity contribution in [3.63, 3.8) is 0 Å². The first-order chi connectivity index (χ1) is 9.42. The van der Waals surface area contributed by atoms with Gasteiger partial charge in [-0.1, -0.05) is 20.8 Å². The van der Waals surface area contributed by atoms with Crippen LogP contribution in [0.1, 0.15) is 33.3 Å². The third-order valence-corrected chi connectivity index (χ3v) is 3.08. The highest BCUT2D eigenvalue weighted by molar-refractivity contribution is 5.44. The van der Waals surface area contributed by atoms with Gasteiger partial charge in [0.1, 0.15) is 24.2 Å². The third kappa shape index (κ3) is 4.69. The molecule has 1 atom stereocenters. The zero-order valence-corrected chi connectivity index (χ0v) is 13.2. The van der Waals surface area contributed by atoms with Crippen LogP contribution in [0, 0.1) is 0 Å². The van der Waals surface area contributed by atoms with Crippen LogP contribution >= 0.6 is 0 Å². The molecule has 0 fully saturated rings. The van der Waals surface area contributed by atoms with E-state index in [0.717, 1.165) is 17.1 Å². The average molecular weight is 281 g/mol. The van der Waals surface area contributed by atoms with E-state index in [1.807, 2.05) is 25.1 Å². The summed E-state index contributed by atoms with van der Waals surface area (Å²) in [6.45, 7) is 9.96. The molecular weight excluding hydrogens is 254 g/mol. The Morgan fingerprint density at radius 3 is 2.45 bits per heavy atom. The van der Waals surface area contributed by atoms with Crippen molar-refractivity contribution >= 4 is 0 Å². The van der Waals surface area contributed by atoms with Crippen LogP contribution in [0.5, 0.6) is 11.5 Å². The summed E-state index contributed by atoms with van der Waals surface area (Å²) >= 11 is 0. The minimum absolute atomic E-state index is 0.0201. The Balaban J connectivity index is 2.88. The van der Waals surface area contributed by atoms with Gasteiger partial charge in [0.05, 0.1) is 7.11 Å². The van der Waals surface area contributed by atoms with E-state index in [9.17, 15) is 0 Å². The van der Waals surface area contributed by atoms with Crippen LogP contribution in [0.3, 0.4) is 0 Å². The van der Waals surface area contributed by atoms with Gasteiger partial charge < -0.3 is 19.9 Å². The van der Waals surface area contributed by atoms with Crippen molar-refractivity contribution in [3.05, 3.63) is 23.8 Å². The molecule has 4 heteroatoms. The van der Waals surface area contributed by atoms with Gasteiger partial charge >= 0.3 is 0 Å². The summed E-state index contributed by atoms with van der Waals surface area (Å²) in [5, 5.41) is 0. The molecule has 1 aromatic rings. The normalized spacial score (nSPS) is 13.1. The van der Waals surface area contributed by atoms with Crippen LogP contribution in [-0.2, 0) is 10.2 Å². The molecule has 0 aliphatic carbocycles. The maximum Gasteiger partial charge on any atom is 0.123 e. The van der Waals surface area contributed by atoms with Crippen LogP contribution in [-0.4, -0.2) is 33.0 Å². The quantitative estimate of drug-likeness (QED) is 0.835. The highest BCUT2D eigenvalue weighted by atomic mass is 16.5. The topological polar surface area (TPSA) is 53.7 Å². The molecule has 0 spiro atoms. The van der Waals surface area contributed by atoms with Crippen molar-refractivity contribution in [1.29, 1.82) is 0 Å². The fourth-order valence-electron chi connectivity index (χ4n) is 1.95. The molecule has 0 aliphatic heterocycles. The van der Waals surface area contributed by atoms with Gasteiger partial charge in [-0.15, -0.1) is 0 Å². The molecule has 0 heterocycles. The molecule has 0 amide bonds. The fourth-order valence-corrected chi connectivity index (χ4v) is 1.95. The summed E-state index contributed by atoms with van der Waals surface area (Å²) in [4.78, 5) is 0. The highest BCUT2D eigenvalue weighted by Crippen LogP contribution is 2.34. The summed E-state index contributed by atoms with van der Waals surface area (Å²) in [5.41, 5.74) is 6.76. The Labute approximate surface area is 122 Å². The van der Waals surface area contributed by atoms with E-state index in [4.69, 9.17) is 19.9 Å². The molecule has 114 valence electrons. The molecule has 0 aliphatic rings. The van der Waals surface area contributed by atoms with Crippen molar-refractivity contribution in [2.45, 2.75) is 39.2 Å². The van der Waals surface area contributed by atoms with Gasteiger partial charge in [0.2, 0.25) is 0 Å². The third-order valence-electron chi connectivity index (χ3n) is 3.08. The molecule has 1 rings (SSSR count). The van der Waals surface area contributed by atoms with Crippen LogP contribution < -0.4 is 15.2 Å². The van der Waals surface area contributed by atoms with Crippen molar-refractivity contribution < 1.29 is 14.2 Å². The van der Waals surface area contributed by atoms with Gasteiger partial charge in [-0.3, -0.25) is 0 Å². The molecule has 1 aromatic carbocycles. The molecule has 0 radical (unpaired) electrons. The van der Waals surface area contributed by atoms with E-state index in [1.54, 1.807) is 7.11 Å². The lowest BCUT2D eigenvalue weighted by Crippen LogP contribution is -2.30. The van der Waals surface area contributed by atoms with Crippen molar-refractivity contribution in [3.8, 4) is 11.5 Å². The lowest BCUT2D eigenvalue weighted by molar-refractivity contribution is 0.0332. The lowest BCUT2D eigenvalue weighted by Gasteiger charge is -2.24. The summed E-state index contributed by atoms with van der Waals surface area (Å²) in [5.74, 6) is 1.69. The summed E-state index contributed by atoms with van der Waals surface area (Å²) in [6.07, 6.45) is -0.0741. The van der Waals surface area contributed by atoms with Crippen molar-refractivity contribution in [2.24, 2.45) is 5.73 Å². The standard InChI is InChI=1S/C16H27NO3/c1-6-19-13(10-17)11-20-15-8-7-12(18-5)9-14(15)16(2,3)4/h7-9,13H,6,10-11,17H2,1-5H3. The number of hydrogen-bond acceptors (Lipinski definition) is 4. The highest BCUT2D eigenvalue weighted by Gasteiger charge is 2.20. The van der Waals surface area contributed by atoms with E-state index in [0.29, 0.717) is 19.8 Å². The largest absolute Gasteiger partial charge is 0.497 e. The molecule has 0 saturated heterocycles. The van der Waals surface area contributed by atoms with Crippen LogP contribution in [0.15, 0.2) is 18.2 Å². The first-order valence-electron chi connectivity index (χ1n) is 7.05. The second kappa shape index (κ2) is 7.50. The van der Waals surface area contributed by atoms with Crippen LogP contribution in [0.25, 0.3) is 0 Å². The summed E-state index contributed by atoms with van der Waals surface area (Å²) in [7, 11) is 1.67. The van der Waals surface area contributed by atoms with Gasteiger partial charge in [-0.2, -0.15) is 0 Å². The Hall–Kier alpha value is -1.26. The van der Waals surface area contributed by atoms with Gasteiger partial charge in [0.15, 0.2) is 0 Å². The summed E-state index contributed by atoms with van der Waals surface area (Å²) in [6, 6.07) is 5.87. The van der Waals surface area contributed by atoms with E-state index in [2.05, 4.69) is 20.8 Å². The predicted molar refractivity (Wildman–Crippen MR) is 81.7 cm³/mol. The van der Waals surface area contributed by atoms with Gasteiger partial charge in [0, 0.05) is 18.7 Å². The van der Waals surface area contributed by atoms with E-state index < -0.39 is 0 Å². The number of rotatable bonds is 7. The van der Waals surface area contributed by atoms with E-state index in [-0.39, 0.29) is 11.5 Å². The minimum atomic E-state index is -0.0741. The summed E-state index contributed by atoms with van der Waals surface area (Å²) < 4.78 is 16.7. The minimum Gasteiger partial charge on any atom is -0.497 e. The molecule has 20 heavy (non-hydrogen) atoms. The smallest absolute Gasteiger partial charge is 0.123 e. The van der Waals surface area contributed by atoms with Crippen LogP contribution in [0.4, 0.5) is 0 Å². The molecule has 1 unspecified atom stereocenters. The van der Waals surface area contributed by atoms with Gasteiger partial charge in [-0.25, -0.2) is 0 Å². The Bertz CT molecular complexity index is 413. The van der Waals surface area contributed by atoms with Crippen LogP contribution in [0.2, 0.25) is 0 Å². The van der Waals surface area contributed by atoms with E-state index >= 15 is 0 Å². The number of hydrogen-bond donors (Lipinski definition) is 1. The first-order valence-corrected chi connectivity index (χ1v) is 7.05. The monoisotopic (exact) mass is 281 g/mol. The fraction of sp³-hybridized carbons (Fsp3) is 0.625. The molecule has 2 N–H and O–H groups in total. The second-order valence-corrected chi connectivity index (χ2v) is 5.74. The number of ether oxygens (including phenoxy) is 3. The number of methoxy groups -OCH3 is 1. The molecule has 0 aromatic heterocycles. The molecule has 0 bridgehead atoms. The maximum atomic E-state index is 5.91. The number of benzene rings is 1. The zero-order chi connectivity index (χ0) is 15.2. The Morgan fingerprint density at radius 2 is 1.95 bits per heavy atom. The molecular formula is C16H27NO3. The van der Waals surface area contributed by atoms with Gasteiger partial charge in [-0.05, 0) is 30.5 Å². The molecule has 4 nitrogen and oxygen atoms in total. The second-order valence-electron chi connectivity index (χ2n) is 5.74. The zero-order valence-electron chi connectivity index (χ0n) is 13.2. The van der Waals surface area contributed by atoms with E-state index in [1.165, 1.54) is 0 Å². The average Bonchev–Trinajstić information content (AvgIpc) is 2.42. The number of nitrogens with two attached hydrogens (primary N) is 1.